The smallest absolute Gasteiger partial charge is 0.303 e. The van der Waals surface area contributed by atoms with E-state index in [1.807, 2.05) is 0 Å². The second kappa shape index (κ2) is 11.5. The van der Waals surface area contributed by atoms with Gasteiger partial charge in [0.05, 0.1) is 12.2 Å². The van der Waals surface area contributed by atoms with Crippen LogP contribution in [-0.4, -0.2) is 33.5 Å². The molecule has 0 amide bonds. The highest BCUT2D eigenvalue weighted by Gasteiger charge is 2.09. The zero-order valence-electron chi connectivity index (χ0n) is 11.5. The van der Waals surface area contributed by atoms with Gasteiger partial charge in [-0.05, 0) is 19.8 Å². The monoisotopic (exact) mass is 260 g/mol. The molecule has 4 heteroatoms. The van der Waals surface area contributed by atoms with Crippen molar-refractivity contribution in [1.29, 1.82) is 0 Å². The van der Waals surface area contributed by atoms with Crippen LogP contribution >= 0.6 is 0 Å². The summed E-state index contributed by atoms with van der Waals surface area (Å²) in [5, 5.41) is 26.9. The molecule has 0 aliphatic carbocycles. The maximum atomic E-state index is 10.3. The predicted molar refractivity (Wildman–Crippen MR) is 71.5 cm³/mol. The molecule has 18 heavy (non-hydrogen) atoms. The van der Waals surface area contributed by atoms with Crippen molar-refractivity contribution < 1.29 is 20.1 Å². The van der Waals surface area contributed by atoms with Gasteiger partial charge in [0.25, 0.3) is 0 Å². The van der Waals surface area contributed by atoms with Gasteiger partial charge >= 0.3 is 5.97 Å². The first-order valence-corrected chi connectivity index (χ1v) is 7.12. The predicted octanol–water partition coefficient (Wildman–Crippen LogP) is 2.71. The summed E-state index contributed by atoms with van der Waals surface area (Å²) in [7, 11) is 0. The molecule has 0 aromatic heterocycles. The highest BCUT2D eigenvalue weighted by Crippen LogP contribution is 2.12. The van der Waals surface area contributed by atoms with Crippen molar-refractivity contribution in [2.24, 2.45) is 0 Å². The standard InChI is InChI=1S/C14H28O4/c1-12(15)13(16)10-8-6-4-2-3-5-7-9-11-14(17)18/h12-13,15-16H,2-11H2,1H3,(H,17,18)/t12-,13-/m0/s1. The number of carbonyl (C=O) groups is 1. The van der Waals surface area contributed by atoms with Crippen molar-refractivity contribution in [2.75, 3.05) is 0 Å². The number of hydrogen-bond acceptors (Lipinski definition) is 3. The molecule has 0 aliphatic heterocycles. The maximum absolute atomic E-state index is 10.3. The van der Waals surface area contributed by atoms with E-state index in [0.29, 0.717) is 6.42 Å². The first-order valence-electron chi connectivity index (χ1n) is 7.12. The summed E-state index contributed by atoms with van der Waals surface area (Å²) in [6.45, 7) is 1.61. The van der Waals surface area contributed by atoms with Crippen molar-refractivity contribution in [2.45, 2.75) is 83.3 Å². The average molecular weight is 260 g/mol. The number of unbranched alkanes of at least 4 members (excludes halogenated alkanes) is 7. The second-order valence-corrected chi connectivity index (χ2v) is 5.07. The Labute approximate surface area is 110 Å². The van der Waals surface area contributed by atoms with E-state index in [1.54, 1.807) is 6.92 Å². The molecule has 2 atom stereocenters. The lowest BCUT2D eigenvalue weighted by Crippen LogP contribution is -2.21. The molecule has 4 nitrogen and oxygen atoms in total. The van der Waals surface area contributed by atoms with Gasteiger partial charge in [-0.25, -0.2) is 0 Å². The van der Waals surface area contributed by atoms with Crippen LogP contribution < -0.4 is 0 Å². The first-order chi connectivity index (χ1) is 8.54. The zero-order chi connectivity index (χ0) is 13.8. The van der Waals surface area contributed by atoms with Crippen LogP contribution in [0.2, 0.25) is 0 Å². The minimum absolute atomic E-state index is 0.289. The molecule has 3 N–H and O–H groups in total. The molecule has 0 aromatic rings. The Kier molecular flexibility index (Phi) is 11.1. The van der Waals surface area contributed by atoms with Crippen LogP contribution in [-0.2, 0) is 4.79 Å². The summed E-state index contributed by atoms with van der Waals surface area (Å²) < 4.78 is 0. The van der Waals surface area contributed by atoms with Gasteiger partial charge in [-0.15, -0.1) is 0 Å². The van der Waals surface area contributed by atoms with E-state index in [4.69, 9.17) is 10.2 Å². The van der Waals surface area contributed by atoms with E-state index in [-0.39, 0.29) is 6.42 Å². The Bertz CT molecular complexity index is 204. The topological polar surface area (TPSA) is 77.8 Å². The molecule has 0 spiro atoms. The average Bonchev–Trinajstić information content (AvgIpc) is 2.30. The lowest BCUT2D eigenvalue weighted by molar-refractivity contribution is -0.137. The van der Waals surface area contributed by atoms with E-state index < -0.39 is 18.2 Å². The normalized spacial score (nSPS) is 14.4. The number of carboxylic acid groups (broad SMARTS) is 1. The Morgan fingerprint density at radius 1 is 0.889 bits per heavy atom. The van der Waals surface area contributed by atoms with Gasteiger partial charge in [0.15, 0.2) is 0 Å². The van der Waals surface area contributed by atoms with E-state index in [9.17, 15) is 9.90 Å². The fourth-order valence-corrected chi connectivity index (χ4v) is 1.93. The third-order valence-corrected chi connectivity index (χ3v) is 3.20. The highest BCUT2D eigenvalue weighted by molar-refractivity contribution is 5.66. The lowest BCUT2D eigenvalue weighted by atomic mass is 10.0. The molecule has 0 heterocycles. The number of rotatable bonds is 12. The quantitative estimate of drug-likeness (QED) is 0.471. The molecule has 0 unspecified atom stereocenters. The highest BCUT2D eigenvalue weighted by atomic mass is 16.4. The molecule has 0 aliphatic rings. The van der Waals surface area contributed by atoms with Crippen molar-refractivity contribution in [1.82, 2.24) is 0 Å². The van der Waals surface area contributed by atoms with Gasteiger partial charge < -0.3 is 15.3 Å². The van der Waals surface area contributed by atoms with Crippen LogP contribution in [0.1, 0.15) is 71.1 Å². The van der Waals surface area contributed by atoms with Gasteiger partial charge in [-0.2, -0.15) is 0 Å². The van der Waals surface area contributed by atoms with Crippen LogP contribution in [0.25, 0.3) is 0 Å². The number of aliphatic hydroxyl groups excluding tert-OH is 2. The molecule has 0 rings (SSSR count). The van der Waals surface area contributed by atoms with Crippen LogP contribution in [0.5, 0.6) is 0 Å². The Morgan fingerprint density at radius 3 is 1.78 bits per heavy atom. The van der Waals surface area contributed by atoms with Gasteiger partial charge in [0.1, 0.15) is 0 Å². The molecule has 0 aromatic carbocycles. The van der Waals surface area contributed by atoms with Crippen molar-refractivity contribution in [3.05, 3.63) is 0 Å². The fraction of sp³-hybridized carbons (Fsp3) is 0.929. The summed E-state index contributed by atoms with van der Waals surface area (Å²) in [6, 6.07) is 0. The summed E-state index contributed by atoms with van der Waals surface area (Å²) >= 11 is 0. The third kappa shape index (κ3) is 11.9. The third-order valence-electron chi connectivity index (χ3n) is 3.20. The van der Waals surface area contributed by atoms with E-state index in [1.165, 1.54) is 12.8 Å². The Balaban J connectivity index is 3.10. The fourth-order valence-electron chi connectivity index (χ4n) is 1.93. The molecule has 0 saturated carbocycles. The van der Waals surface area contributed by atoms with Gasteiger partial charge in [0, 0.05) is 6.42 Å². The molecule has 0 saturated heterocycles. The van der Waals surface area contributed by atoms with Crippen molar-refractivity contribution in [3.63, 3.8) is 0 Å². The number of hydrogen-bond donors (Lipinski definition) is 3. The number of aliphatic hydroxyl groups is 2. The Morgan fingerprint density at radius 2 is 1.33 bits per heavy atom. The molecule has 0 fully saturated rings. The molecule has 108 valence electrons. The second-order valence-electron chi connectivity index (χ2n) is 5.07. The van der Waals surface area contributed by atoms with E-state index in [2.05, 4.69) is 0 Å². The van der Waals surface area contributed by atoms with Gasteiger partial charge in [0.2, 0.25) is 0 Å². The van der Waals surface area contributed by atoms with Crippen LogP contribution in [0.4, 0.5) is 0 Å². The largest absolute Gasteiger partial charge is 0.481 e. The van der Waals surface area contributed by atoms with Gasteiger partial charge in [-0.1, -0.05) is 44.9 Å². The van der Waals surface area contributed by atoms with Crippen LogP contribution in [0.15, 0.2) is 0 Å². The molecule has 0 radical (unpaired) electrons. The summed E-state index contributed by atoms with van der Waals surface area (Å²) in [6.07, 6.45) is 8.23. The molecule has 0 bridgehead atoms. The first kappa shape index (κ1) is 17.4. The van der Waals surface area contributed by atoms with E-state index >= 15 is 0 Å². The van der Waals surface area contributed by atoms with E-state index in [0.717, 1.165) is 38.5 Å². The lowest BCUT2D eigenvalue weighted by Gasteiger charge is -2.12. The molecular formula is C14H28O4. The minimum Gasteiger partial charge on any atom is -0.481 e. The summed E-state index contributed by atoms with van der Waals surface area (Å²) in [5.41, 5.74) is 0. The number of carboxylic acids is 1. The van der Waals surface area contributed by atoms with Gasteiger partial charge in [-0.3, -0.25) is 4.79 Å². The maximum Gasteiger partial charge on any atom is 0.303 e. The van der Waals surface area contributed by atoms with Crippen LogP contribution in [0.3, 0.4) is 0 Å². The van der Waals surface area contributed by atoms with Crippen LogP contribution in [0, 0.1) is 0 Å². The Hall–Kier alpha value is -0.610. The summed E-state index contributed by atoms with van der Waals surface area (Å²) in [4.78, 5) is 10.3. The summed E-state index contributed by atoms with van der Waals surface area (Å²) in [5.74, 6) is -0.702. The number of aliphatic carboxylic acids is 1. The van der Waals surface area contributed by atoms with Crippen molar-refractivity contribution >= 4 is 5.97 Å². The molecular weight excluding hydrogens is 232 g/mol. The SMILES string of the molecule is C[C@H](O)[C@@H](O)CCCCCCCCCCC(=O)O. The minimum atomic E-state index is -0.702. The van der Waals surface area contributed by atoms with Crippen molar-refractivity contribution in [3.8, 4) is 0 Å². The zero-order valence-corrected chi connectivity index (χ0v) is 11.5.